The van der Waals surface area contributed by atoms with Gasteiger partial charge < -0.3 is 14.2 Å². The van der Waals surface area contributed by atoms with Crippen LogP contribution in [0.3, 0.4) is 0 Å². The van der Waals surface area contributed by atoms with E-state index in [0.29, 0.717) is 0 Å². The molecule has 0 aliphatic heterocycles. The van der Waals surface area contributed by atoms with Gasteiger partial charge in [0.15, 0.2) is 0 Å². The molecule has 0 saturated carbocycles. The Morgan fingerprint density at radius 1 is 0.514 bits per heavy atom. The SMILES string of the molecule is COc1c(P(c2cccc(S(=O)(=O)O)c2OC)c2cccc(S(=O)(=O)O)c2OC)cccc1S(=O)(=O)O. The maximum Gasteiger partial charge on any atom is 0.298 e. The van der Waals surface area contributed by atoms with Gasteiger partial charge in [-0.25, -0.2) is 0 Å². The molecule has 3 aromatic carbocycles. The molecule has 3 N–H and O–H groups in total. The minimum atomic E-state index is -4.81. The molecule has 12 nitrogen and oxygen atoms in total. The summed E-state index contributed by atoms with van der Waals surface area (Å²) in [5, 5.41) is 0.220. The van der Waals surface area contributed by atoms with Gasteiger partial charge in [0.1, 0.15) is 31.9 Å². The third kappa shape index (κ3) is 5.72. The van der Waals surface area contributed by atoms with Crippen LogP contribution in [-0.2, 0) is 30.4 Å². The summed E-state index contributed by atoms with van der Waals surface area (Å²) in [5.41, 5.74) is 0. The van der Waals surface area contributed by atoms with Crippen LogP contribution in [0.2, 0.25) is 0 Å². The Morgan fingerprint density at radius 3 is 0.946 bits per heavy atom. The first kappa shape index (κ1) is 28.8. The summed E-state index contributed by atoms with van der Waals surface area (Å²) >= 11 is 0. The molecule has 0 heterocycles. The van der Waals surface area contributed by atoms with Crippen LogP contribution < -0.4 is 30.1 Å². The lowest BCUT2D eigenvalue weighted by molar-refractivity contribution is 0.400. The van der Waals surface area contributed by atoms with Crippen molar-refractivity contribution in [3.05, 3.63) is 54.6 Å². The second-order valence-corrected chi connectivity index (χ2v) is 13.5. The molecule has 0 spiro atoms. The van der Waals surface area contributed by atoms with Gasteiger partial charge in [-0.05, 0) is 26.1 Å². The summed E-state index contributed by atoms with van der Waals surface area (Å²) in [6.45, 7) is 0. The van der Waals surface area contributed by atoms with E-state index in [2.05, 4.69) is 0 Å². The van der Waals surface area contributed by atoms with Gasteiger partial charge in [-0.3, -0.25) is 13.7 Å². The van der Waals surface area contributed by atoms with Crippen molar-refractivity contribution in [3.8, 4) is 17.2 Å². The number of methoxy groups -OCH3 is 3. The molecule has 0 aromatic heterocycles. The topological polar surface area (TPSA) is 191 Å². The number of rotatable bonds is 9. The maximum absolute atomic E-state index is 12.1. The van der Waals surface area contributed by atoms with E-state index in [9.17, 15) is 38.9 Å². The molecule has 200 valence electrons. The quantitative estimate of drug-likeness (QED) is 0.238. The van der Waals surface area contributed by atoms with Crippen molar-refractivity contribution >= 4 is 54.2 Å². The highest BCUT2D eigenvalue weighted by atomic mass is 32.2. The lowest BCUT2D eigenvalue weighted by Crippen LogP contribution is -2.27. The molecular weight excluding hydrogens is 571 g/mol. The van der Waals surface area contributed by atoms with Crippen LogP contribution >= 0.6 is 7.92 Å². The zero-order valence-electron chi connectivity index (χ0n) is 19.4. The molecule has 0 aliphatic carbocycles. The molecule has 0 unspecified atom stereocenters. The van der Waals surface area contributed by atoms with Crippen molar-refractivity contribution in [2.75, 3.05) is 21.3 Å². The Labute approximate surface area is 214 Å². The van der Waals surface area contributed by atoms with Crippen LogP contribution in [0.5, 0.6) is 17.2 Å². The smallest absolute Gasteiger partial charge is 0.298 e. The fourth-order valence-electron chi connectivity index (χ4n) is 3.66. The number of hydrogen-bond donors (Lipinski definition) is 3. The van der Waals surface area contributed by atoms with Crippen molar-refractivity contribution in [2.24, 2.45) is 0 Å². The molecule has 3 aromatic rings. The normalized spacial score (nSPS) is 12.4. The van der Waals surface area contributed by atoms with Crippen molar-refractivity contribution in [1.82, 2.24) is 0 Å². The fraction of sp³-hybridized carbons (Fsp3) is 0.143. The van der Waals surface area contributed by atoms with Crippen molar-refractivity contribution in [1.29, 1.82) is 0 Å². The molecule has 0 amide bonds. The lowest BCUT2D eigenvalue weighted by Gasteiger charge is -2.26. The van der Waals surface area contributed by atoms with E-state index < -0.39 is 53.0 Å². The summed E-state index contributed by atoms with van der Waals surface area (Å²) in [4.78, 5) is -1.85. The van der Waals surface area contributed by atoms with Crippen LogP contribution in [-0.4, -0.2) is 60.2 Å². The molecular formula is C21H21O12PS3. The summed E-state index contributed by atoms with van der Waals surface area (Å²) in [7, 11) is -13.2. The van der Waals surface area contributed by atoms with E-state index in [1.807, 2.05) is 0 Å². The van der Waals surface area contributed by atoms with Gasteiger partial charge in [0, 0.05) is 15.9 Å². The third-order valence-corrected chi connectivity index (χ3v) is 10.2. The van der Waals surface area contributed by atoms with E-state index in [1.54, 1.807) is 0 Å². The number of benzene rings is 3. The molecule has 0 fully saturated rings. The van der Waals surface area contributed by atoms with Crippen molar-refractivity contribution < 1.29 is 53.1 Å². The number of ether oxygens (including phenoxy) is 3. The van der Waals surface area contributed by atoms with Crippen molar-refractivity contribution in [3.63, 3.8) is 0 Å². The van der Waals surface area contributed by atoms with Gasteiger partial charge in [-0.1, -0.05) is 36.4 Å². The highest BCUT2D eigenvalue weighted by Crippen LogP contribution is 2.45. The Bertz CT molecular complexity index is 1470. The highest BCUT2D eigenvalue weighted by Gasteiger charge is 2.34. The van der Waals surface area contributed by atoms with Crippen LogP contribution in [0.15, 0.2) is 69.3 Å². The predicted octanol–water partition coefficient (Wildman–Crippen LogP) is 1.21. The molecule has 0 bridgehead atoms. The van der Waals surface area contributed by atoms with E-state index in [-0.39, 0.29) is 33.2 Å². The van der Waals surface area contributed by atoms with Crippen molar-refractivity contribution in [2.45, 2.75) is 14.7 Å². The van der Waals surface area contributed by atoms with Gasteiger partial charge in [-0.15, -0.1) is 0 Å². The van der Waals surface area contributed by atoms with E-state index in [1.165, 1.54) is 36.4 Å². The summed E-state index contributed by atoms with van der Waals surface area (Å²) in [6, 6.07) is 11.3. The van der Waals surface area contributed by atoms with Gasteiger partial charge in [-0.2, -0.15) is 25.3 Å². The lowest BCUT2D eigenvalue weighted by atomic mass is 10.3. The molecule has 3 rings (SSSR count). The minimum absolute atomic E-state index is 0.0733. The van der Waals surface area contributed by atoms with Gasteiger partial charge in [0.05, 0.1) is 21.3 Å². The molecule has 16 heteroatoms. The van der Waals surface area contributed by atoms with Gasteiger partial charge >= 0.3 is 0 Å². The van der Waals surface area contributed by atoms with Crippen LogP contribution in [0.1, 0.15) is 0 Å². The van der Waals surface area contributed by atoms with Crippen LogP contribution in [0.25, 0.3) is 0 Å². The van der Waals surface area contributed by atoms with Crippen LogP contribution in [0, 0.1) is 0 Å². The van der Waals surface area contributed by atoms with Gasteiger partial charge in [0.25, 0.3) is 30.4 Å². The average Bonchev–Trinajstić information content (AvgIpc) is 2.82. The first-order valence-electron chi connectivity index (χ1n) is 9.90. The summed E-state index contributed by atoms with van der Waals surface area (Å²) < 4.78 is 118. The summed E-state index contributed by atoms with van der Waals surface area (Å²) in [6.07, 6.45) is 0. The largest absolute Gasteiger partial charge is 0.495 e. The molecule has 0 atom stereocenters. The van der Waals surface area contributed by atoms with E-state index >= 15 is 0 Å². The number of hydrogen-bond acceptors (Lipinski definition) is 9. The second kappa shape index (κ2) is 10.5. The molecule has 0 saturated heterocycles. The monoisotopic (exact) mass is 592 g/mol. The maximum atomic E-state index is 12.1. The zero-order valence-corrected chi connectivity index (χ0v) is 22.7. The zero-order chi connectivity index (χ0) is 27.8. The third-order valence-electron chi connectivity index (χ3n) is 5.04. The Balaban J connectivity index is 2.60. The highest BCUT2D eigenvalue weighted by molar-refractivity contribution is 7.87. The summed E-state index contributed by atoms with van der Waals surface area (Å²) in [5.74, 6) is -0.973. The number of para-hydroxylation sites is 3. The Hall–Kier alpha value is -2.78. The first-order valence-corrected chi connectivity index (χ1v) is 15.6. The Morgan fingerprint density at radius 2 is 0.757 bits per heavy atom. The second-order valence-electron chi connectivity index (χ2n) is 7.19. The molecule has 0 aliphatic rings. The Kier molecular flexibility index (Phi) is 8.19. The standard InChI is InChI=1S/C21H21O12PS3/c1-31-19-13(7-4-10-16(19)35(22,23)24)34(14-8-5-11-17(20(14)32-2)36(25,26)27)15-9-6-12-18(21(15)33-3)37(28,29)30/h4-12H,1-3H3,(H,22,23,24)(H,25,26,27)(H,28,29,30). The molecule has 37 heavy (non-hydrogen) atoms. The first-order chi connectivity index (χ1) is 17.2. The van der Waals surface area contributed by atoms with Gasteiger partial charge in [0.2, 0.25) is 0 Å². The minimum Gasteiger partial charge on any atom is -0.495 e. The fourth-order valence-corrected chi connectivity index (χ4v) is 8.64. The van der Waals surface area contributed by atoms with Crippen LogP contribution in [0.4, 0.5) is 0 Å². The average molecular weight is 593 g/mol. The van der Waals surface area contributed by atoms with E-state index in [4.69, 9.17) is 14.2 Å². The predicted molar refractivity (Wildman–Crippen MR) is 134 cm³/mol. The molecule has 0 radical (unpaired) electrons. The van der Waals surface area contributed by atoms with E-state index in [0.717, 1.165) is 39.5 Å².